The number of thiazole rings is 1. The van der Waals surface area contributed by atoms with E-state index in [4.69, 9.17) is 24.4 Å². The second-order valence-corrected chi connectivity index (χ2v) is 14.6. The first-order chi connectivity index (χ1) is 19.0. The Balaban J connectivity index is 1.39. The first-order valence-corrected chi connectivity index (χ1v) is 16.7. The Morgan fingerprint density at radius 3 is 2.70 bits per heavy atom. The maximum absolute atomic E-state index is 11.8. The van der Waals surface area contributed by atoms with Crippen LogP contribution < -0.4 is 15.4 Å². The van der Waals surface area contributed by atoms with Crippen molar-refractivity contribution in [2.24, 2.45) is 5.92 Å². The number of ether oxygens (including phenoxy) is 2. The molecule has 3 atom stereocenters. The zero-order chi connectivity index (χ0) is 28.1. The Hall–Kier alpha value is -2.68. The molecule has 4 heterocycles. The molecule has 40 heavy (non-hydrogen) atoms. The number of hydrogen-bond acceptors (Lipinski definition) is 11. The van der Waals surface area contributed by atoms with Gasteiger partial charge in [0.05, 0.1) is 34.3 Å². The van der Waals surface area contributed by atoms with E-state index in [0.29, 0.717) is 24.7 Å². The highest BCUT2D eigenvalue weighted by molar-refractivity contribution is 7.88. The monoisotopic (exact) mass is 600 g/mol. The van der Waals surface area contributed by atoms with Crippen LogP contribution >= 0.6 is 22.7 Å². The molecule has 1 saturated heterocycles. The van der Waals surface area contributed by atoms with E-state index >= 15 is 0 Å². The van der Waals surface area contributed by atoms with Gasteiger partial charge in [-0.25, -0.2) is 23.1 Å². The maximum atomic E-state index is 11.8. The topological polar surface area (TPSA) is 127 Å². The van der Waals surface area contributed by atoms with Crippen LogP contribution in [0.25, 0.3) is 20.8 Å². The Bertz CT molecular complexity index is 1610. The summed E-state index contributed by atoms with van der Waals surface area (Å²) >= 11 is 3.26. The van der Waals surface area contributed by atoms with E-state index in [1.807, 2.05) is 50.4 Å². The number of anilines is 2. The number of hydrogen-bond donors (Lipinski definition) is 3. The fourth-order valence-corrected chi connectivity index (χ4v) is 7.75. The quantitative estimate of drug-likeness (QED) is 0.244. The largest absolute Gasteiger partial charge is 0.349 e. The van der Waals surface area contributed by atoms with E-state index < -0.39 is 27.6 Å². The van der Waals surface area contributed by atoms with Gasteiger partial charge in [0.1, 0.15) is 16.9 Å². The van der Waals surface area contributed by atoms with Gasteiger partial charge in [-0.3, -0.25) is 0 Å². The average Bonchev–Trinajstić information content (AvgIpc) is 3.64. The standard InChI is InChI=1S/C27H32N6O4S3/c1-16-21(24-31-19-9-5-6-10-20(19)39-24)23(32-25(30-16)28-15-18-8-7-13-38-18)33-27-12-11-17(14-29-40(4,34)35)22(27)36-26(2,3)37-27/h5-10,13,17,22,29H,11-12,14-15H2,1-4H3,(H2,28,30,32,33)/t17-,22-,27-/m1/s1. The smallest absolute Gasteiger partial charge is 0.225 e. The Kier molecular flexibility index (Phi) is 7.08. The minimum absolute atomic E-state index is 0.0748. The Morgan fingerprint density at radius 2 is 1.95 bits per heavy atom. The third-order valence-electron chi connectivity index (χ3n) is 7.15. The predicted molar refractivity (Wildman–Crippen MR) is 159 cm³/mol. The SMILES string of the molecule is Cc1nc(NCc2cccs2)nc(N[C@@]23CC[C@H](CNS(C)(=O)=O)[C@H]2OC(C)(C)O3)c1-c1nc2ccccc2s1. The highest BCUT2D eigenvalue weighted by atomic mass is 32.2. The molecule has 1 aliphatic heterocycles. The molecule has 13 heteroatoms. The summed E-state index contributed by atoms with van der Waals surface area (Å²) in [6.45, 7) is 6.60. The zero-order valence-corrected chi connectivity index (χ0v) is 25.2. The van der Waals surface area contributed by atoms with E-state index in [2.05, 4.69) is 27.5 Å². The maximum Gasteiger partial charge on any atom is 0.225 e. The van der Waals surface area contributed by atoms with Gasteiger partial charge >= 0.3 is 0 Å². The van der Waals surface area contributed by atoms with Gasteiger partial charge < -0.3 is 20.1 Å². The lowest BCUT2D eigenvalue weighted by Gasteiger charge is -2.31. The summed E-state index contributed by atoms with van der Waals surface area (Å²) in [5.74, 6) is 0.162. The number of rotatable bonds is 9. The van der Waals surface area contributed by atoms with Crippen molar-refractivity contribution in [1.82, 2.24) is 19.7 Å². The molecule has 0 bridgehead atoms. The molecule has 3 aromatic heterocycles. The molecule has 4 aromatic rings. The fourth-order valence-electron chi connectivity index (χ4n) is 5.53. The van der Waals surface area contributed by atoms with E-state index in [1.165, 1.54) is 11.1 Å². The molecule has 1 aliphatic carbocycles. The third kappa shape index (κ3) is 5.58. The number of nitrogens with zero attached hydrogens (tertiary/aromatic N) is 3. The molecule has 1 aromatic carbocycles. The Morgan fingerprint density at radius 1 is 1.12 bits per heavy atom. The molecule has 2 fully saturated rings. The summed E-state index contributed by atoms with van der Waals surface area (Å²) in [6, 6.07) is 12.1. The number of thiophene rings is 1. The number of aryl methyl sites for hydroxylation is 1. The average molecular weight is 601 g/mol. The van der Waals surface area contributed by atoms with Crippen molar-refractivity contribution in [3.63, 3.8) is 0 Å². The van der Waals surface area contributed by atoms with Gasteiger partial charge in [-0.1, -0.05) is 18.2 Å². The highest BCUT2D eigenvalue weighted by Crippen LogP contribution is 2.50. The van der Waals surface area contributed by atoms with E-state index in [9.17, 15) is 8.42 Å². The number of fused-ring (bicyclic) bond motifs is 2. The van der Waals surface area contributed by atoms with Crippen LogP contribution in [0.1, 0.15) is 37.3 Å². The third-order valence-corrected chi connectivity index (χ3v) is 9.77. The molecular weight excluding hydrogens is 569 g/mol. The molecule has 0 radical (unpaired) electrons. The van der Waals surface area contributed by atoms with Crippen LogP contribution in [-0.2, 0) is 26.0 Å². The predicted octanol–water partition coefficient (Wildman–Crippen LogP) is 4.95. The number of aromatic nitrogens is 3. The van der Waals surface area contributed by atoms with Crippen LogP contribution in [0.2, 0.25) is 0 Å². The van der Waals surface area contributed by atoms with Crippen LogP contribution in [0, 0.1) is 12.8 Å². The van der Waals surface area contributed by atoms with Crippen LogP contribution in [0.3, 0.4) is 0 Å². The first-order valence-electron chi connectivity index (χ1n) is 13.1. The van der Waals surface area contributed by atoms with Crippen molar-refractivity contribution in [3.8, 4) is 10.6 Å². The van der Waals surface area contributed by atoms with Gasteiger partial charge in [0.25, 0.3) is 0 Å². The van der Waals surface area contributed by atoms with E-state index in [-0.39, 0.29) is 12.5 Å². The van der Waals surface area contributed by atoms with Crippen LogP contribution in [0.5, 0.6) is 0 Å². The van der Waals surface area contributed by atoms with E-state index in [0.717, 1.165) is 32.9 Å². The molecule has 6 rings (SSSR count). The first kappa shape index (κ1) is 27.5. The van der Waals surface area contributed by atoms with Crippen molar-refractivity contribution < 1.29 is 17.9 Å². The second-order valence-electron chi connectivity index (χ2n) is 10.8. The summed E-state index contributed by atoms with van der Waals surface area (Å²) in [7, 11) is -3.34. The molecule has 212 valence electrons. The lowest BCUT2D eigenvalue weighted by molar-refractivity contribution is -0.166. The summed E-state index contributed by atoms with van der Waals surface area (Å²) in [6.07, 6.45) is 2.12. The molecule has 1 saturated carbocycles. The van der Waals surface area contributed by atoms with E-state index in [1.54, 1.807) is 22.7 Å². The van der Waals surface area contributed by atoms with Gasteiger partial charge in [-0.15, -0.1) is 22.7 Å². The summed E-state index contributed by atoms with van der Waals surface area (Å²) in [5, 5.41) is 9.85. The van der Waals surface area contributed by atoms with Crippen molar-refractivity contribution in [1.29, 1.82) is 0 Å². The van der Waals surface area contributed by atoms with Gasteiger partial charge in [0.15, 0.2) is 11.5 Å². The zero-order valence-electron chi connectivity index (χ0n) is 22.7. The summed E-state index contributed by atoms with van der Waals surface area (Å²) < 4.78 is 40.4. The molecule has 3 N–H and O–H groups in total. The number of sulfonamides is 1. The number of para-hydroxylation sites is 1. The molecule has 0 spiro atoms. The van der Waals surface area contributed by atoms with Crippen LogP contribution in [0.4, 0.5) is 11.8 Å². The molecular formula is C27H32N6O4S3. The normalized spacial score (nSPS) is 23.9. The molecule has 0 amide bonds. The molecule has 2 aliphatic rings. The van der Waals surface area contributed by atoms with Crippen molar-refractivity contribution in [3.05, 3.63) is 52.3 Å². The minimum atomic E-state index is -3.34. The molecule has 10 nitrogen and oxygen atoms in total. The van der Waals surface area contributed by atoms with Gasteiger partial charge in [-0.2, -0.15) is 4.98 Å². The number of nitrogens with one attached hydrogen (secondary N) is 3. The summed E-state index contributed by atoms with van der Waals surface area (Å²) in [5.41, 5.74) is 1.61. The van der Waals surface area contributed by atoms with Gasteiger partial charge in [0.2, 0.25) is 16.0 Å². The van der Waals surface area contributed by atoms with Gasteiger partial charge in [0, 0.05) is 17.3 Å². The van der Waals surface area contributed by atoms with Crippen LogP contribution in [0.15, 0.2) is 41.8 Å². The molecule has 0 unspecified atom stereocenters. The van der Waals surface area contributed by atoms with Gasteiger partial charge in [-0.05, 0) is 57.2 Å². The van der Waals surface area contributed by atoms with Crippen molar-refractivity contribution in [2.45, 2.75) is 57.8 Å². The lowest BCUT2D eigenvalue weighted by Crippen LogP contribution is -2.47. The Labute approximate surface area is 241 Å². The van der Waals surface area contributed by atoms with Crippen molar-refractivity contribution >= 4 is 54.7 Å². The van der Waals surface area contributed by atoms with Crippen molar-refractivity contribution in [2.75, 3.05) is 23.4 Å². The minimum Gasteiger partial charge on any atom is -0.349 e. The second kappa shape index (κ2) is 10.3. The van der Waals surface area contributed by atoms with Crippen LogP contribution in [-0.4, -0.2) is 53.8 Å². The number of benzene rings is 1. The lowest BCUT2D eigenvalue weighted by atomic mass is 10.0. The summed E-state index contributed by atoms with van der Waals surface area (Å²) in [4.78, 5) is 15.8. The fraction of sp³-hybridized carbons (Fsp3) is 0.444. The highest BCUT2D eigenvalue weighted by Gasteiger charge is 2.60.